The average molecular weight is 289 g/mol. The number of methoxy groups -OCH3 is 1. The number of nitrogens with two attached hydrogens (primary N) is 1. The molecular formula is C15H13F2N3O. The Kier molecular flexibility index (Phi) is 3.21. The van der Waals surface area contributed by atoms with Crippen molar-refractivity contribution in [3.05, 3.63) is 53.6 Å². The number of halogens is 2. The van der Waals surface area contributed by atoms with Gasteiger partial charge in [-0.1, -0.05) is 6.07 Å². The van der Waals surface area contributed by atoms with Gasteiger partial charge < -0.3 is 15.0 Å². The van der Waals surface area contributed by atoms with Gasteiger partial charge in [0.1, 0.15) is 22.9 Å². The quantitative estimate of drug-likeness (QED) is 0.806. The minimum atomic E-state index is -0.494. The summed E-state index contributed by atoms with van der Waals surface area (Å²) in [4.78, 5) is 4.23. The first kappa shape index (κ1) is 13.4. The number of para-hydroxylation sites is 1. The molecule has 2 aromatic carbocycles. The minimum Gasteiger partial charge on any atom is -0.494 e. The van der Waals surface area contributed by atoms with Crippen molar-refractivity contribution in [2.24, 2.45) is 0 Å². The molecule has 4 nitrogen and oxygen atoms in total. The number of fused-ring (bicyclic) bond motifs is 1. The average Bonchev–Trinajstić information content (AvgIpc) is 2.79. The third kappa shape index (κ3) is 2.29. The molecule has 0 radical (unpaired) electrons. The summed E-state index contributed by atoms with van der Waals surface area (Å²) in [7, 11) is 1.54. The third-order valence-corrected chi connectivity index (χ3v) is 3.33. The highest BCUT2D eigenvalue weighted by molar-refractivity contribution is 5.84. The van der Waals surface area contributed by atoms with E-state index in [1.807, 2.05) is 0 Å². The van der Waals surface area contributed by atoms with Gasteiger partial charge in [-0.15, -0.1) is 0 Å². The summed E-state index contributed by atoms with van der Waals surface area (Å²) in [5, 5.41) is 0. The van der Waals surface area contributed by atoms with Crippen molar-refractivity contribution in [2.75, 3.05) is 12.8 Å². The molecule has 108 valence electrons. The number of anilines is 1. The second-order valence-electron chi connectivity index (χ2n) is 4.62. The molecule has 0 amide bonds. The molecule has 0 aliphatic carbocycles. The van der Waals surface area contributed by atoms with E-state index in [-0.39, 0.29) is 18.1 Å². The van der Waals surface area contributed by atoms with Crippen molar-refractivity contribution in [1.29, 1.82) is 0 Å². The SMILES string of the molecule is COc1cccc2c1nc(N)n2Cc1cc(F)ccc1F. The van der Waals surface area contributed by atoms with Gasteiger partial charge in [0.25, 0.3) is 0 Å². The number of aromatic nitrogens is 2. The van der Waals surface area contributed by atoms with Gasteiger partial charge in [-0.2, -0.15) is 0 Å². The lowest BCUT2D eigenvalue weighted by atomic mass is 10.2. The zero-order valence-corrected chi connectivity index (χ0v) is 11.3. The first-order valence-corrected chi connectivity index (χ1v) is 6.33. The van der Waals surface area contributed by atoms with Crippen LogP contribution in [-0.4, -0.2) is 16.7 Å². The van der Waals surface area contributed by atoms with E-state index in [0.29, 0.717) is 16.8 Å². The summed E-state index contributed by atoms with van der Waals surface area (Å²) in [5.74, 6) is -0.177. The van der Waals surface area contributed by atoms with E-state index in [9.17, 15) is 8.78 Å². The van der Waals surface area contributed by atoms with Crippen molar-refractivity contribution in [3.63, 3.8) is 0 Å². The monoisotopic (exact) mass is 289 g/mol. The van der Waals surface area contributed by atoms with E-state index in [1.54, 1.807) is 22.8 Å². The molecule has 0 saturated carbocycles. The summed E-state index contributed by atoms with van der Waals surface area (Å²) in [6.45, 7) is 0.0963. The molecule has 3 rings (SSSR count). The Bertz CT molecular complexity index is 814. The molecule has 0 unspecified atom stereocenters. The normalized spacial score (nSPS) is 11.0. The van der Waals surface area contributed by atoms with Crippen molar-refractivity contribution in [1.82, 2.24) is 9.55 Å². The second kappa shape index (κ2) is 5.05. The van der Waals surface area contributed by atoms with E-state index >= 15 is 0 Å². The van der Waals surface area contributed by atoms with Crippen LogP contribution in [0.4, 0.5) is 14.7 Å². The maximum Gasteiger partial charge on any atom is 0.201 e. The highest BCUT2D eigenvalue weighted by Gasteiger charge is 2.14. The molecule has 0 spiro atoms. The van der Waals surface area contributed by atoms with Gasteiger partial charge in [-0.25, -0.2) is 13.8 Å². The molecule has 2 N–H and O–H groups in total. The third-order valence-electron chi connectivity index (χ3n) is 3.33. The Balaban J connectivity index is 2.12. The molecule has 0 fully saturated rings. The number of benzene rings is 2. The van der Waals surface area contributed by atoms with E-state index in [2.05, 4.69) is 4.98 Å². The van der Waals surface area contributed by atoms with Crippen LogP contribution >= 0.6 is 0 Å². The molecule has 0 bridgehead atoms. The van der Waals surface area contributed by atoms with Crippen LogP contribution in [0, 0.1) is 11.6 Å². The smallest absolute Gasteiger partial charge is 0.201 e. The van der Waals surface area contributed by atoms with Crippen LogP contribution < -0.4 is 10.5 Å². The summed E-state index contributed by atoms with van der Waals surface area (Å²) in [6.07, 6.45) is 0. The Morgan fingerprint density at radius 1 is 1.24 bits per heavy atom. The molecule has 6 heteroatoms. The van der Waals surface area contributed by atoms with Gasteiger partial charge in [0.15, 0.2) is 0 Å². The highest BCUT2D eigenvalue weighted by Crippen LogP contribution is 2.27. The Morgan fingerprint density at radius 3 is 2.81 bits per heavy atom. The van der Waals surface area contributed by atoms with E-state index in [4.69, 9.17) is 10.5 Å². The van der Waals surface area contributed by atoms with Crippen LogP contribution in [0.25, 0.3) is 11.0 Å². The van der Waals surface area contributed by atoms with Gasteiger partial charge in [0.05, 0.1) is 19.2 Å². The van der Waals surface area contributed by atoms with Gasteiger partial charge in [-0.05, 0) is 30.3 Å². The summed E-state index contributed by atoms with van der Waals surface area (Å²) >= 11 is 0. The number of ether oxygens (including phenoxy) is 1. The summed E-state index contributed by atoms with van der Waals surface area (Å²) in [5.41, 5.74) is 7.40. The molecule has 0 aliphatic heterocycles. The zero-order chi connectivity index (χ0) is 15.0. The van der Waals surface area contributed by atoms with Crippen LogP contribution in [0.1, 0.15) is 5.56 Å². The van der Waals surface area contributed by atoms with Gasteiger partial charge in [0, 0.05) is 5.56 Å². The first-order chi connectivity index (χ1) is 10.1. The second-order valence-corrected chi connectivity index (χ2v) is 4.62. The van der Waals surface area contributed by atoms with Crippen LogP contribution in [0.15, 0.2) is 36.4 Å². The van der Waals surface area contributed by atoms with Crippen LogP contribution in [0.3, 0.4) is 0 Å². The molecular weight excluding hydrogens is 276 g/mol. The van der Waals surface area contributed by atoms with Crippen LogP contribution in [-0.2, 0) is 6.54 Å². The fourth-order valence-corrected chi connectivity index (χ4v) is 2.30. The summed E-state index contributed by atoms with van der Waals surface area (Å²) in [6, 6.07) is 8.69. The van der Waals surface area contributed by atoms with Crippen molar-refractivity contribution in [2.45, 2.75) is 6.54 Å². The van der Waals surface area contributed by atoms with E-state index in [0.717, 1.165) is 18.2 Å². The van der Waals surface area contributed by atoms with Gasteiger partial charge in [0.2, 0.25) is 5.95 Å². The maximum absolute atomic E-state index is 13.8. The Labute approximate surface area is 119 Å². The molecule has 0 atom stereocenters. The van der Waals surface area contributed by atoms with Crippen LogP contribution in [0.2, 0.25) is 0 Å². The zero-order valence-electron chi connectivity index (χ0n) is 11.3. The van der Waals surface area contributed by atoms with Gasteiger partial charge >= 0.3 is 0 Å². The number of nitrogen functional groups attached to an aromatic ring is 1. The van der Waals surface area contributed by atoms with E-state index in [1.165, 1.54) is 7.11 Å². The number of hydrogen-bond donors (Lipinski definition) is 1. The molecule has 1 heterocycles. The number of nitrogens with zero attached hydrogens (tertiary/aromatic N) is 2. The largest absolute Gasteiger partial charge is 0.494 e. The fourth-order valence-electron chi connectivity index (χ4n) is 2.30. The lowest BCUT2D eigenvalue weighted by molar-refractivity contribution is 0.419. The number of imidazole rings is 1. The molecule has 21 heavy (non-hydrogen) atoms. The number of hydrogen-bond acceptors (Lipinski definition) is 3. The Morgan fingerprint density at radius 2 is 2.05 bits per heavy atom. The lowest BCUT2D eigenvalue weighted by Gasteiger charge is -2.08. The molecule has 1 aromatic heterocycles. The molecule has 0 saturated heterocycles. The van der Waals surface area contributed by atoms with Crippen LogP contribution in [0.5, 0.6) is 5.75 Å². The highest BCUT2D eigenvalue weighted by atomic mass is 19.1. The molecule has 3 aromatic rings. The maximum atomic E-state index is 13.8. The van der Waals surface area contributed by atoms with E-state index < -0.39 is 11.6 Å². The lowest BCUT2D eigenvalue weighted by Crippen LogP contribution is -2.06. The minimum absolute atomic E-state index is 0.0963. The first-order valence-electron chi connectivity index (χ1n) is 6.33. The van der Waals surface area contributed by atoms with Crippen molar-refractivity contribution >= 4 is 17.0 Å². The predicted molar refractivity (Wildman–Crippen MR) is 76.2 cm³/mol. The van der Waals surface area contributed by atoms with Crippen molar-refractivity contribution < 1.29 is 13.5 Å². The topological polar surface area (TPSA) is 53.1 Å². The predicted octanol–water partition coefficient (Wildman–Crippen LogP) is 2.95. The van der Waals surface area contributed by atoms with Gasteiger partial charge in [-0.3, -0.25) is 0 Å². The number of rotatable bonds is 3. The Hall–Kier alpha value is -2.63. The van der Waals surface area contributed by atoms with Crippen molar-refractivity contribution in [3.8, 4) is 5.75 Å². The standard InChI is InChI=1S/C15H13F2N3O/c1-21-13-4-2-3-12-14(13)19-15(18)20(12)8-9-7-10(16)5-6-11(9)17/h2-7H,8H2,1H3,(H2,18,19). The fraction of sp³-hybridized carbons (Fsp3) is 0.133. The molecule has 0 aliphatic rings. The summed E-state index contributed by atoms with van der Waals surface area (Å²) < 4.78 is 33.9.